The first-order chi connectivity index (χ1) is 13.8. The first-order valence-electron chi connectivity index (χ1n) is 9.80. The lowest BCUT2D eigenvalue weighted by molar-refractivity contribution is -0.122. The van der Waals surface area contributed by atoms with E-state index in [0.717, 1.165) is 59.8 Å². The zero-order valence-electron chi connectivity index (χ0n) is 16.5. The minimum atomic E-state index is -0.364. The van der Waals surface area contributed by atoms with Crippen LogP contribution in [0.2, 0.25) is 5.15 Å². The summed E-state index contributed by atoms with van der Waals surface area (Å²) in [6.45, 7) is 3.38. The Balaban J connectivity index is 1.59. The van der Waals surface area contributed by atoms with Crippen LogP contribution in [0, 0.1) is 11.3 Å². The number of amides is 1. The monoisotopic (exact) mass is 430 g/mol. The SMILES string of the molecule is CC(=O)NC12CCC(c3nnc(-c4cnc(Cl)cc4N[C@H](C)C#N)s3)(CC1)CC2. The summed E-state index contributed by atoms with van der Waals surface area (Å²) in [5, 5.41) is 26.7. The van der Waals surface area contributed by atoms with Crippen LogP contribution in [-0.4, -0.2) is 32.7 Å². The van der Waals surface area contributed by atoms with Gasteiger partial charge in [0, 0.05) is 24.1 Å². The van der Waals surface area contributed by atoms with Crippen LogP contribution < -0.4 is 10.6 Å². The van der Waals surface area contributed by atoms with E-state index < -0.39 is 0 Å². The summed E-state index contributed by atoms with van der Waals surface area (Å²) in [6.07, 6.45) is 7.66. The maximum atomic E-state index is 11.6. The highest BCUT2D eigenvalue weighted by molar-refractivity contribution is 7.14. The van der Waals surface area contributed by atoms with Gasteiger partial charge in [-0.15, -0.1) is 10.2 Å². The molecule has 5 rings (SSSR count). The smallest absolute Gasteiger partial charge is 0.217 e. The number of pyridine rings is 1. The summed E-state index contributed by atoms with van der Waals surface area (Å²) in [4.78, 5) is 15.8. The molecular weight excluding hydrogens is 408 g/mol. The van der Waals surface area contributed by atoms with Gasteiger partial charge < -0.3 is 10.6 Å². The average Bonchev–Trinajstić information content (AvgIpc) is 3.19. The predicted octanol–water partition coefficient (Wildman–Crippen LogP) is 4.06. The van der Waals surface area contributed by atoms with E-state index in [2.05, 4.69) is 31.9 Å². The molecule has 2 bridgehead atoms. The average molecular weight is 431 g/mol. The van der Waals surface area contributed by atoms with Crippen molar-refractivity contribution in [3.8, 4) is 16.6 Å². The van der Waals surface area contributed by atoms with Crippen molar-refractivity contribution in [2.75, 3.05) is 5.32 Å². The number of rotatable bonds is 5. The number of nitrogens with one attached hydrogen (secondary N) is 2. The number of carbonyl (C=O) groups excluding carboxylic acids is 1. The molecule has 0 aliphatic heterocycles. The number of nitriles is 1. The zero-order chi connectivity index (χ0) is 20.6. The zero-order valence-corrected chi connectivity index (χ0v) is 18.0. The van der Waals surface area contributed by atoms with Crippen molar-refractivity contribution >= 4 is 34.5 Å². The van der Waals surface area contributed by atoms with Gasteiger partial charge in [0.25, 0.3) is 0 Å². The first-order valence-corrected chi connectivity index (χ1v) is 11.0. The summed E-state index contributed by atoms with van der Waals surface area (Å²) in [6, 6.07) is 3.52. The molecular formula is C20H23ClN6OS. The van der Waals surface area contributed by atoms with Crippen molar-refractivity contribution in [1.82, 2.24) is 20.5 Å². The minimum absolute atomic E-state index is 0.0360. The fourth-order valence-electron chi connectivity index (χ4n) is 4.60. The second kappa shape index (κ2) is 7.54. The number of hydrogen-bond donors (Lipinski definition) is 2. The quantitative estimate of drug-likeness (QED) is 0.693. The van der Waals surface area contributed by atoms with Crippen molar-refractivity contribution in [1.29, 1.82) is 5.26 Å². The van der Waals surface area contributed by atoms with E-state index in [4.69, 9.17) is 16.9 Å². The van der Waals surface area contributed by atoms with Crippen LogP contribution in [0.3, 0.4) is 0 Å². The topological polar surface area (TPSA) is 104 Å². The van der Waals surface area contributed by atoms with Gasteiger partial charge in [-0.2, -0.15) is 5.26 Å². The summed E-state index contributed by atoms with van der Waals surface area (Å²) in [7, 11) is 0. The van der Waals surface area contributed by atoms with Crippen molar-refractivity contribution in [3.05, 3.63) is 22.4 Å². The Morgan fingerprint density at radius 2 is 1.97 bits per heavy atom. The van der Waals surface area contributed by atoms with Gasteiger partial charge in [-0.1, -0.05) is 22.9 Å². The summed E-state index contributed by atoms with van der Waals surface area (Å²) >= 11 is 7.65. The van der Waals surface area contributed by atoms with Crippen LogP contribution in [0.4, 0.5) is 5.69 Å². The van der Waals surface area contributed by atoms with Gasteiger partial charge in [0.2, 0.25) is 5.91 Å². The molecule has 3 fully saturated rings. The summed E-state index contributed by atoms with van der Waals surface area (Å²) in [5.41, 5.74) is 1.54. The Morgan fingerprint density at radius 3 is 2.59 bits per heavy atom. The molecule has 0 aromatic carbocycles. The van der Waals surface area contributed by atoms with Gasteiger partial charge in [-0.25, -0.2) is 4.98 Å². The number of aromatic nitrogens is 3. The number of carbonyl (C=O) groups is 1. The van der Waals surface area contributed by atoms with E-state index >= 15 is 0 Å². The van der Waals surface area contributed by atoms with Crippen molar-refractivity contribution in [2.45, 2.75) is 69.4 Å². The van der Waals surface area contributed by atoms with Crippen LogP contribution in [0.5, 0.6) is 0 Å². The van der Waals surface area contributed by atoms with Crippen LogP contribution in [0.15, 0.2) is 12.3 Å². The molecule has 1 amide bonds. The third-order valence-corrected chi connectivity index (χ3v) is 7.64. The van der Waals surface area contributed by atoms with Crippen molar-refractivity contribution in [2.24, 2.45) is 0 Å². The lowest BCUT2D eigenvalue weighted by Crippen LogP contribution is -2.57. The Kier molecular flexibility index (Phi) is 5.21. The highest BCUT2D eigenvalue weighted by Crippen LogP contribution is 2.54. The molecule has 0 unspecified atom stereocenters. The molecule has 0 radical (unpaired) electrons. The van der Waals surface area contributed by atoms with Crippen LogP contribution >= 0.6 is 22.9 Å². The van der Waals surface area contributed by atoms with Crippen molar-refractivity contribution < 1.29 is 4.79 Å². The fourth-order valence-corrected chi connectivity index (χ4v) is 5.90. The van der Waals surface area contributed by atoms with Crippen LogP contribution in [0.25, 0.3) is 10.6 Å². The van der Waals surface area contributed by atoms with Crippen LogP contribution in [0.1, 0.15) is 57.4 Å². The van der Waals surface area contributed by atoms with E-state index in [1.165, 1.54) is 0 Å². The van der Waals surface area contributed by atoms with E-state index in [1.54, 1.807) is 37.4 Å². The normalized spacial score (nSPS) is 26.6. The predicted molar refractivity (Wildman–Crippen MR) is 113 cm³/mol. The highest BCUT2D eigenvalue weighted by Gasteiger charge is 2.51. The number of hydrogen-bond acceptors (Lipinski definition) is 7. The lowest BCUT2D eigenvalue weighted by atomic mass is 9.57. The van der Waals surface area contributed by atoms with Crippen LogP contribution in [-0.2, 0) is 10.2 Å². The third kappa shape index (κ3) is 3.81. The van der Waals surface area contributed by atoms with Gasteiger partial charge in [0.1, 0.15) is 16.2 Å². The molecule has 1 atom stereocenters. The number of fused-ring (bicyclic) bond motifs is 3. The van der Waals surface area contributed by atoms with E-state index in [-0.39, 0.29) is 22.9 Å². The maximum absolute atomic E-state index is 11.6. The second-order valence-electron chi connectivity index (χ2n) is 8.20. The molecule has 152 valence electrons. The molecule has 2 aromatic heterocycles. The van der Waals surface area contributed by atoms with Gasteiger partial charge in [0.15, 0.2) is 5.01 Å². The maximum Gasteiger partial charge on any atom is 0.217 e. The number of halogens is 1. The molecule has 0 spiro atoms. The third-order valence-electron chi connectivity index (χ3n) is 6.23. The molecule has 7 nitrogen and oxygen atoms in total. The van der Waals surface area contributed by atoms with E-state index in [0.29, 0.717) is 5.15 Å². The van der Waals surface area contributed by atoms with E-state index in [9.17, 15) is 4.79 Å². The Morgan fingerprint density at radius 1 is 1.28 bits per heavy atom. The minimum Gasteiger partial charge on any atom is -0.369 e. The molecule has 2 aromatic rings. The lowest BCUT2D eigenvalue weighted by Gasteiger charge is -2.52. The van der Waals surface area contributed by atoms with E-state index in [1.807, 2.05) is 0 Å². The molecule has 29 heavy (non-hydrogen) atoms. The molecule has 3 saturated carbocycles. The largest absolute Gasteiger partial charge is 0.369 e. The molecule has 2 N–H and O–H groups in total. The molecule has 9 heteroatoms. The van der Waals surface area contributed by atoms with Gasteiger partial charge in [-0.3, -0.25) is 4.79 Å². The first kappa shape index (κ1) is 20.0. The highest BCUT2D eigenvalue weighted by atomic mass is 35.5. The Hall–Kier alpha value is -2.24. The fraction of sp³-hybridized carbons (Fsp3) is 0.550. The summed E-state index contributed by atoms with van der Waals surface area (Å²) in [5.74, 6) is 0.0551. The molecule has 2 heterocycles. The van der Waals surface area contributed by atoms with Gasteiger partial charge >= 0.3 is 0 Å². The second-order valence-corrected chi connectivity index (χ2v) is 9.57. The Bertz CT molecular complexity index is 959. The number of anilines is 1. The molecule has 3 aliphatic rings. The number of nitrogens with zero attached hydrogens (tertiary/aromatic N) is 4. The van der Waals surface area contributed by atoms with Gasteiger partial charge in [-0.05, 0) is 51.5 Å². The standard InChI is InChI=1S/C20H23ClN6OS/c1-12(10-22)24-15-9-16(21)23-11-14(15)17-26-27-18(29-17)19-3-6-20(7-4-19,8-5-19)25-13(2)28/h9,11-12H,3-8H2,1-2H3,(H,23,24)(H,25,28)/t12-,19?,20?/m1/s1. The summed E-state index contributed by atoms with van der Waals surface area (Å²) < 4.78 is 0. The molecule has 0 saturated heterocycles. The van der Waals surface area contributed by atoms with Gasteiger partial charge in [0.05, 0.1) is 17.3 Å². The van der Waals surface area contributed by atoms with Crippen molar-refractivity contribution in [3.63, 3.8) is 0 Å². The molecule has 3 aliphatic carbocycles. The Labute approximate surface area is 178 Å².